The van der Waals surface area contributed by atoms with Crippen molar-refractivity contribution in [3.05, 3.63) is 23.3 Å². The van der Waals surface area contributed by atoms with E-state index in [1.54, 1.807) is 20.1 Å². The number of aryl methyl sites for hydroxylation is 1. The van der Waals surface area contributed by atoms with Crippen LogP contribution in [0.4, 0.5) is 5.69 Å². The van der Waals surface area contributed by atoms with Crippen LogP contribution in [0, 0.1) is 24.2 Å². The zero-order chi connectivity index (χ0) is 21.4. The number of rotatable bonds is 6. The van der Waals surface area contributed by atoms with Gasteiger partial charge in [-0.2, -0.15) is 9.57 Å². The average Bonchev–Trinajstić information content (AvgIpc) is 3.13. The first-order valence-corrected chi connectivity index (χ1v) is 11.9. The number of nitrogens with one attached hydrogen (secondary N) is 1. The number of sulfonamides is 1. The maximum absolute atomic E-state index is 13.5. The predicted octanol–water partition coefficient (Wildman–Crippen LogP) is 2.23. The molecule has 0 bridgehead atoms. The summed E-state index contributed by atoms with van der Waals surface area (Å²) in [6.07, 6.45) is 3.34. The molecule has 9 heteroatoms. The Labute approximate surface area is 178 Å². The molecule has 2 heterocycles. The summed E-state index contributed by atoms with van der Waals surface area (Å²) in [5.41, 5.74) is 1.51. The lowest BCUT2D eigenvalue weighted by Gasteiger charge is -2.38. The zero-order valence-corrected chi connectivity index (χ0v) is 18.3. The molecule has 1 aliphatic carbocycles. The third-order valence-corrected chi connectivity index (χ3v) is 8.25. The van der Waals surface area contributed by atoms with E-state index in [-0.39, 0.29) is 17.0 Å². The molecule has 0 radical (unpaired) electrons. The lowest BCUT2D eigenvalue weighted by Crippen LogP contribution is -2.51. The van der Waals surface area contributed by atoms with Crippen molar-refractivity contribution in [3.63, 3.8) is 0 Å². The Bertz CT molecular complexity index is 931. The topological polar surface area (TPSA) is 101 Å². The fourth-order valence-corrected chi connectivity index (χ4v) is 6.60. The van der Waals surface area contributed by atoms with E-state index in [0.29, 0.717) is 50.1 Å². The summed E-state index contributed by atoms with van der Waals surface area (Å²) in [7, 11) is -2.14. The number of anilines is 1. The van der Waals surface area contributed by atoms with Crippen LogP contribution in [-0.2, 0) is 24.2 Å². The summed E-state index contributed by atoms with van der Waals surface area (Å²) >= 11 is 0. The van der Waals surface area contributed by atoms with E-state index in [1.165, 1.54) is 4.31 Å². The molecule has 3 fully saturated rings. The maximum atomic E-state index is 13.5. The van der Waals surface area contributed by atoms with Gasteiger partial charge < -0.3 is 19.5 Å². The summed E-state index contributed by atoms with van der Waals surface area (Å²) in [5, 5.41) is 13.1. The Morgan fingerprint density at radius 3 is 2.73 bits per heavy atom. The number of nitriles is 1. The quantitative estimate of drug-likeness (QED) is 0.731. The minimum Gasteiger partial charge on any atom is -0.384 e. The van der Waals surface area contributed by atoms with Crippen molar-refractivity contribution < 1.29 is 22.6 Å². The van der Waals surface area contributed by atoms with Crippen molar-refractivity contribution in [2.24, 2.45) is 5.92 Å². The molecule has 1 aromatic carbocycles. The molecule has 1 saturated carbocycles. The van der Waals surface area contributed by atoms with Crippen LogP contribution < -0.4 is 5.32 Å². The van der Waals surface area contributed by atoms with Crippen LogP contribution in [0.5, 0.6) is 0 Å². The van der Waals surface area contributed by atoms with Gasteiger partial charge in [0.05, 0.1) is 25.3 Å². The van der Waals surface area contributed by atoms with Crippen molar-refractivity contribution in [2.45, 2.75) is 49.3 Å². The van der Waals surface area contributed by atoms with Gasteiger partial charge in [-0.1, -0.05) is 0 Å². The lowest BCUT2D eigenvalue weighted by molar-refractivity contribution is -0.179. The van der Waals surface area contributed by atoms with Crippen LogP contribution in [0.3, 0.4) is 0 Å². The van der Waals surface area contributed by atoms with Crippen molar-refractivity contribution in [1.29, 1.82) is 5.26 Å². The zero-order valence-electron chi connectivity index (χ0n) is 17.5. The molecule has 1 N–H and O–H groups in total. The molecule has 8 nitrogen and oxygen atoms in total. The summed E-state index contributed by atoms with van der Waals surface area (Å²) < 4.78 is 45.0. The highest BCUT2D eigenvalue weighted by molar-refractivity contribution is 7.89. The molecule has 2 saturated heterocycles. The predicted molar refractivity (Wildman–Crippen MR) is 111 cm³/mol. The Morgan fingerprint density at radius 1 is 1.33 bits per heavy atom. The Kier molecular flexibility index (Phi) is 6.06. The number of hydrogen-bond donors (Lipinski definition) is 1. The van der Waals surface area contributed by atoms with Gasteiger partial charge in [0, 0.05) is 38.4 Å². The van der Waals surface area contributed by atoms with E-state index < -0.39 is 15.8 Å². The molecular formula is C21H29N3O5S. The molecule has 1 spiro atoms. The normalized spacial score (nSPS) is 26.3. The van der Waals surface area contributed by atoms with Gasteiger partial charge in [0.15, 0.2) is 5.79 Å². The van der Waals surface area contributed by atoms with E-state index in [4.69, 9.17) is 14.2 Å². The van der Waals surface area contributed by atoms with Gasteiger partial charge >= 0.3 is 0 Å². The number of piperidine rings is 1. The van der Waals surface area contributed by atoms with Gasteiger partial charge in [0.2, 0.25) is 10.0 Å². The molecule has 0 unspecified atom stereocenters. The number of nitrogens with zero attached hydrogens (tertiary/aromatic N) is 2. The first-order chi connectivity index (χ1) is 14.4. The molecule has 0 atom stereocenters. The molecule has 164 valence electrons. The molecule has 3 aliphatic rings. The first-order valence-electron chi connectivity index (χ1n) is 10.5. The second kappa shape index (κ2) is 8.44. The van der Waals surface area contributed by atoms with Gasteiger partial charge in [-0.25, -0.2) is 8.42 Å². The minimum absolute atomic E-state index is 0.0801. The summed E-state index contributed by atoms with van der Waals surface area (Å²) in [6, 6.07) is 5.87. The SMILES string of the molecule is COCC1CC(Nc2cc(C)c(S(=O)(=O)N3CCCC4(C3)OCCO4)c(C#N)c2)C1. The Hall–Kier alpha value is -1.70. The molecule has 0 aromatic heterocycles. The van der Waals surface area contributed by atoms with E-state index >= 15 is 0 Å². The summed E-state index contributed by atoms with van der Waals surface area (Å²) in [5.74, 6) is -0.300. The minimum atomic E-state index is -3.85. The van der Waals surface area contributed by atoms with Gasteiger partial charge in [0.25, 0.3) is 0 Å². The molecule has 4 rings (SSSR count). The molecule has 0 amide bonds. The molecule has 1 aromatic rings. The Morgan fingerprint density at radius 2 is 2.07 bits per heavy atom. The number of ether oxygens (including phenoxy) is 3. The van der Waals surface area contributed by atoms with Crippen LogP contribution in [0.25, 0.3) is 0 Å². The lowest BCUT2D eigenvalue weighted by atomic mass is 9.80. The third kappa shape index (κ3) is 4.07. The average molecular weight is 436 g/mol. The van der Waals surface area contributed by atoms with Gasteiger partial charge in [-0.05, 0) is 49.8 Å². The third-order valence-electron chi connectivity index (χ3n) is 6.20. The van der Waals surface area contributed by atoms with Gasteiger partial charge in [-0.15, -0.1) is 0 Å². The molecular weight excluding hydrogens is 406 g/mol. The van der Waals surface area contributed by atoms with Crippen molar-refractivity contribution in [1.82, 2.24) is 4.31 Å². The van der Waals surface area contributed by atoms with Crippen LogP contribution in [0.15, 0.2) is 17.0 Å². The van der Waals surface area contributed by atoms with Gasteiger partial charge in [-0.3, -0.25) is 0 Å². The van der Waals surface area contributed by atoms with Crippen LogP contribution in [-0.4, -0.2) is 64.6 Å². The second-order valence-corrected chi connectivity index (χ2v) is 10.3. The number of methoxy groups -OCH3 is 1. The van der Waals surface area contributed by atoms with E-state index in [1.807, 2.05) is 6.07 Å². The largest absolute Gasteiger partial charge is 0.384 e. The first kappa shape index (κ1) is 21.5. The number of hydrogen-bond acceptors (Lipinski definition) is 7. The Balaban J connectivity index is 1.55. The monoisotopic (exact) mass is 435 g/mol. The summed E-state index contributed by atoms with van der Waals surface area (Å²) in [4.78, 5) is 0.0801. The highest BCUT2D eigenvalue weighted by atomic mass is 32.2. The van der Waals surface area contributed by atoms with E-state index in [2.05, 4.69) is 11.4 Å². The fourth-order valence-electron chi connectivity index (χ4n) is 4.76. The second-order valence-electron chi connectivity index (χ2n) is 8.47. The fraction of sp³-hybridized carbons (Fsp3) is 0.667. The molecule has 2 aliphatic heterocycles. The standard InChI is InChI=1S/C21H29N3O5S/c1-15-8-18(23-19-9-16(10-19)13-27-2)11-17(12-22)20(15)30(25,26)24-5-3-4-21(14-24)28-6-7-29-21/h8,11,16,19,23H,3-7,9-10,13-14H2,1-2H3. The van der Waals surface area contributed by atoms with Crippen LogP contribution in [0.1, 0.15) is 36.8 Å². The smallest absolute Gasteiger partial charge is 0.244 e. The van der Waals surface area contributed by atoms with Crippen molar-refractivity contribution in [3.8, 4) is 6.07 Å². The van der Waals surface area contributed by atoms with Crippen molar-refractivity contribution >= 4 is 15.7 Å². The van der Waals surface area contributed by atoms with Crippen LogP contribution in [0.2, 0.25) is 0 Å². The van der Waals surface area contributed by atoms with E-state index in [0.717, 1.165) is 25.1 Å². The molecule has 30 heavy (non-hydrogen) atoms. The van der Waals surface area contributed by atoms with Gasteiger partial charge in [0.1, 0.15) is 11.0 Å². The van der Waals surface area contributed by atoms with Crippen molar-refractivity contribution in [2.75, 3.05) is 45.3 Å². The summed E-state index contributed by atoms with van der Waals surface area (Å²) in [6.45, 7) is 4.00. The highest BCUT2D eigenvalue weighted by Gasteiger charge is 2.45. The highest BCUT2D eigenvalue weighted by Crippen LogP contribution is 2.36. The maximum Gasteiger partial charge on any atom is 0.244 e. The van der Waals surface area contributed by atoms with Crippen LogP contribution >= 0.6 is 0 Å². The number of benzene rings is 1. The van der Waals surface area contributed by atoms with E-state index in [9.17, 15) is 13.7 Å².